The third kappa shape index (κ3) is 7.08. The summed E-state index contributed by atoms with van der Waals surface area (Å²) >= 11 is 1.23. The zero-order valence-corrected chi connectivity index (χ0v) is 17.5. The van der Waals surface area contributed by atoms with Crippen LogP contribution in [0.3, 0.4) is 0 Å². The van der Waals surface area contributed by atoms with E-state index < -0.39 is 18.5 Å². The number of carbonyl (C=O) groups is 4. The molecular formula is C20H27N3O5S. The zero-order chi connectivity index (χ0) is 21.4. The lowest BCUT2D eigenvalue weighted by molar-refractivity contribution is -0.137. The molecule has 8 nitrogen and oxygen atoms in total. The highest BCUT2D eigenvalue weighted by Gasteiger charge is 2.27. The number of amides is 3. The van der Waals surface area contributed by atoms with Gasteiger partial charge in [0.2, 0.25) is 11.8 Å². The van der Waals surface area contributed by atoms with Crippen LogP contribution in [-0.2, 0) is 19.1 Å². The van der Waals surface area contributed by atoms with Crippen LogP contribution in [0.2, 0.25) is 0 Å². The van der Waals surface area contributed by atoms with Crippen molar-refractivity contribution in [2.45, 2.75) is 37.6 Å². The van der Waals surface area contributed by atoms with Crippen molar-refractivity contribution < 1.29 is 23.9 Å². The monoisotopic (exact) mass is 421 g/mol. The highest BCUT2D eigenvalue weighted by molar-refractivity contribution is 8.00. The summed E-state index contributed by atoms with van der Waals surface area (Å²) in [5.41, 5.74) is 5.63. The number of thioether (sulfide) groups is 1. The summed E-state index contributed by atoms with van der Waals surface area (Å²) in [6.45, 7) is 4.11. The maximum atomic E-state index is 12.5. The molecule has 1 aromatic rings. The molecule has 1 atom stereocenters. The second-order valence-corrected chi connectivity index (χ2v) is 8.18. The molecule has 3 amide bonds. The largest absolute Gasteiger partial charge is 0.452 e. The van der Waals surface area contributed by atoms with E-state index in [9.17, 15) is 19.2 Å². The van der Waals surface area contributed by atoms with Crippen molar-refractivity contribution in [3.63, 3.8) is 0 Å². The first-order valence-electron chi connectivity index (χ1n) is 9.53. The Kier molecular flexibility index (Phi) is 8.50. The summed E-state index contributed by atoms with van der Waals surface area (Å²) in [5.74, 6) is -1.73. The van der Waals surface area contributed by atoms with E-state index in [1.54, 1.807) is 24.3 Å². The Morgan fingerprint density at radius 3 is 2.69 bits per heavy atom. The average molecular weight is 422 g/mol. The molecule has 0 aliphatic carbocycles. The molecule has 9 heteroatoms. The topological polar surface area (TPSA) is 119 Å². The van der Waals surface area contributed by atoms with Gasteiger partial charge in [-0.05, 0) is 38.8 Å². The molecule has 0 saturated carbocycles. The van der Waals surface area contributed by atoms with E-state index in [0.717, 1.165) is 0 Å². The molecule has 3 N–H and O–H groups in total. The Hall–Kier alpha value is -2.55. The molecule has 0 aromatic heterocycles. The van der Waals surface area contributed by atoms with Crippen molar-refractivity contribution >= 4 is 35.5 Å². The zero-order valence-electron chi connectivity index (χ0n) is 16.7. The normalized spacial score (nSPS) is 16.4. The molecule has 2 rings (SSSR count). The van der Waals surface area contributed by atoms with Crippen molar-refractivity contribution in [2.24, 2.45) is 11.7 Å². The summed E-state index contributed by atoms with van der Waals surface area (Å²) in [6.07, 6.45) is 1.35. The van der Waals surface area contributed by atoms with Crippen LogP contribution >= 0.6 is 11.8 Å². The molecule has 1 aliphatic heterocycles. The van der Waals surface area contributed by atoms with Gasteiger partial charge in [-0.15, -0.1) is 11.8 Å². The van der Waals surface area contributed by atoms with Gasteiger partial charge in [0.05, 0.1) is 17.2 Å². The summed E-state index contributed by atoms with van der Waals surface area (Å²) in [5, 5.41) is 2.79. The quantitative estimate of drug-likeness (QED) is 0.481. The number of hydrogen-bond donors (Lipinski definition) is 2. The van der Waals surface area contributed by atoms with Gasteiger partial charge in [0.25, 0.3) is 5.91 Å². The minimum atomic E-state index is -0.630. The Labute approximate surface area is 174 Å². The fourth-order valence-corrected chi connectivity index (χ4v) is 3.85. The predicted octanol–water partition coefficient (Wildman–Crippen LogP) is 1.18. The van der Waals surface area contributed by atoms with Gasteiger partial charge in [-0.1, -0.05) is 12.1 Å². The number of benzene rings is 1. The molecule has 0 spiro atoms. The maximum absolute atomic E-state index is 12.5. The minimum Gasteiger partial charge on any atom is -0.452 e. The number of primary amides is 1. The van der Waals surface area contributed by atoms with E-state index in [1.807, 2.05) is 13.8 Å². The van der Waals surface area contributed by atoms with E-state index in [1.165, 1.54) is 16.7 Å². The smallest absolute Gasteiger partial charge is 0.339 e. The third-order valence-corrected chi connectivity index (χ3v) is 5.49. The number of piperidine rings is 1. The maximum Gasteiger partial charge on any atom is 0.339 e. The van der Waals surface area contributed by atoms with Crippen molar-refractivity contribution in [3.8, 4) is 0 Å². The van der Waals surface area contributed by atoms with Crippen LogP contribution in [0.1, 0.15) is 37.0 Å². The van der Waals surface area contributed by atoms with Crippen LogP contribution in [0, 0.1) is 5.92 Å². The number of carbonyl (C=O) groups excluding carboxylic acids is 4. The second kappa shape index (κ2) is 10.8. The van der Waals surface area contributed by atoms with E-state index in [-0.39, 0.29) is 36.1 Å². The van der Waals surface area contributed by atoms with Gasteiger partial charge in [-0.25, -0.2) is 4.79 Å². The van der Waals surface area contributed by atoms with Gasteiger partial charge >= 0.3 is 5.97 Å². The molecule has 0 bridgehead atoms. The number of hydrogen-bond acceptors (Lipinski definition) is 6. The Balaban J connectivity index is 1.91. The average Bonchev–Trinajstić information content (AvgIpc) is 2.70. The van der Waals surface area contributed by atoms with E-state index in [4.69, 9.17) is 10.5 Å². The lowest BCUT2D eigenvalue weighted by Gasteiger charge is -2.31. The summed E-state index contributed by atoms with van der Waals surface area (Å²) in [6, 6.07) is 6.83. The minimum absolute atomic E-state index is 0.0401. The number of nitrogens with one attached hydrogen (secondary N) is 1. The van der Waals surface area contributed by atoms with Crippen LogP contribution in [0.15, 0.2) is 29.2 Å². The highest BCUT2D eigenvalue weighted by atomic mass is 32.2. The summed E-state index contributed by atoms with van der Waals surface area (Å²) in [4.78, 5) is 50.1. The van der Waals surface area contributed by atoms with Crippen molar-refractivity contribution in [2.75, 3.05) is 25.4 Å². The summed E-state index contributed by atoms with van der Waals surface area (Å²) in [7, 11) is 0. The van der Waals surface area contributed by atoms with E-state index in [0.29, 0.717) is 29.8 Å². The number of nitrogens with two attached hydrogens (primary N) is 1. The van der Waals surface area contributed by atoms with Gasteiger partial charge < -0.3 is 20.7 Å². The number of esters is 1. The molecule has 1 fully saturated rings. The van der Waals surface area contributed by atoms with E-state index >= 15 is 0 Å². The van der Waals surface area contributed by atoms with Crippen molar-refractivity contribution in [1.29, 1.82) is 0 Å². The molecule has 158 valence electrons. The van der Waals surface area contributed by atoms with E-state index in [2.05, 4.69) is 5.32 Å². The van der Waals surface area contributed by atoms with Gasteiger partial charge in [0.15, 0.2) is 6.61 Å². The van der Waals surface area contributed by atoms with Crippen LogP contribution < -0.4 is 11.1 Å². The molecule has 1 saturated heterocycles. The highest BCUT2D eigenvalue weighted by Crippen LogP contribution is 2.23. The Morgan fingerprint density at radius 1 is 1.28 bits per heavy atom. The second-order valence-electron chi connectivity index (χ2n) is 7.16. The SMILES string of the molecule is CC(C)NC(=O)CSc1ccccc1C(=O)OCC(=O)N1CCC[C@H](C(N)=O)C1. The van der Waals surface area contributed by atoms with Gasteiger partial charge in [0, 0.05) is 24.0 Å². The molecule has 29 heavy (non-hydrogen) atoms. The number of ether oxygens (including phenoxy) is 1. The summed E-state index contributed by atoms with van der Waals surface area (Å²) < 4.78 is 5.19. The predicted molar refractivity (Wildman–Crippen MR) is 109 cm³/mol. The van der Waals surface area contributed by atoms with Crippen molar-refractivity contribution in [3.05, 3.63) is 29.8 Å². The first kappa shape index (κ1) is 22.7. The first-order chi connectivity index (χ1) is 13.8. The Morgan fingerprint density at radius 2 is 2.00 bits per heavy atom. The molecule has 0 unspecified atom stereocenters. The fraction of sp³-hybridized carbons (Fsp3) is 0.500. The first-order valence-corrected chi connectivity index (χ1v) is 10.5. The molecular weight excluding hydrogens is 394 g/mol. The third-order valence-electron chi connectivity index (χ3n) is 4.42. The van der Waals surface area contributed by atoms with Crippen LogP contribution in [-0.4, -0.2) is 60.1 Å². The van der Waals surface area contributed by atoms with Crippen LogP contribution in [0.4, 0.5) is 0 Å². The van der Waals surface area contributed by atoms with Crippen LogP contribution in [0.5, 0.6) is 0 Å². The van der Waals surface area contributed by atoms with Gasteiger partial charge in [-0.3, -0.25) is 14.4 Å². The van der Waals surface area contributed by atoms with Crippen LogP contribution in [0.25, 0.3) is 0 Å². The molecule has 1 heterocycles. The van der Waals surface area contributed by atoms with Gasteiger partial charge in [-0.2, -0.15) is 0 Å². The number of nitrogens with zero attached hydrogens (tertiary/aromatic N) is 1. The Bertz CT molecular complexity index is 768. The lowest BCUT2D eigenvalue weighted by Crippen LogP contribution is -2.45. The van der Waals surface area contributed by atoms with Gasteiger partial charge in [0.1, 0.15) is 0 Å². The number of likely N-dealkylation sites (tertiary alicyclic amines) is 1. The number of rotatable bonds is 8. The van der Waals surface area contributed by atoms with Crippen molar-refractivity contribution in [1.82, 2.24) is 10.2 Å². The molecule has 1 aliphatic rings. The molecule has 1 aromatic carbocycles. The lowest BCUT2D eigenvalue weighted by atomic mass is 9.97. The molecule has 0 radical (unpaired) electrons. The fourth-order valence-electron chi connectivity index (χ4n) is 3.00. The standard InChI is InChI=1S/C20H27N3O5S/c1-13(2)22-17(24)12-29-16-8-4-3-7-15(16)20(27)28-11-18(25)23-9-5-6-14(10-23)19(21)26/h3-4,7-8,13-14H,5-6,9-12H2,1-2H3,(H2,21,26)(H,22,24)/t14-/m0/s1.